The van der Waals surface area contributed by atoms with Gasteiger partial charge in [-0.15, -0.1) is 0 Å². The largest absolute Gasteiger partial charge is 0.320 e. The van der Waals surface area contributed by atoms with E-state index in [2.05, 4.69) is 10.3 Å². The topological polar surface area (TPSA) is 42.0 Å². The third-order valence-electron chi connectivity index (χ3n) is 2.51. The van der Waals surface area contributed by atoms with Gasteiger partial charge in [0, 0.05) is 17.4 Å². The molecule has 1 aromatic carbocycles. The van der Waals surface area contributed by atoms with Crippen LogP contribution < -0.4 is 5.32 Å². The van der Waals surface area contributed by atoms with Crippen molar-refractivity contribution in [1.29, 1.82) is 0 Å². The highest BCUT2D eigenvalue weighted by molar-refractivity contribution is 6.37. The first-order chi connectivity index (χ1) is 8.99. The van der Waals surface area contributed by atoms with Gasteiger partial charge in [-0.25, -0.2) is 0 Å². The van der Waals surface area contributed by atoms with Crippen molar-refractivity contribution < 1.29 is 4.79 Å². The smallest absolute Gasteiger partial charge is 0.258 e. The van der Waals surface area contributed by atoms with Gasteiger partial charge in [0.15, 0.2) is 0 Å². The summed E-state index contributed by atoms with van der Waals surface area (Å²) < 4.78 is 0. The molecule has 1 N–H and O–H groups in total. The highest BCUT2D eigenvalue weighted by atomic mass is 35.5. The van der Waals surface area contributed by atoms with Gasteiger partial charge in [-0.3, -0.25) is 9.78 Å². The van der Waals surface area contributed by atoms with Crippen LogP contribution in [-0.4, -0.2) is 10.9 Å². The summed E-state index contributed by atoms with van der Waals surface area (Å²) in [5.41, 5.74) is 1.54. The SMILES string of the molecule is Cc1cc(Cl)c(NC(=O)c2cnccc2Cl)cc1Cl. The first-order valence-corrected chi connectivity index (χ1v) is 6.49. The van der Waals surface area contributed by atoms with Crippen LogP contribution in [0.15, 0.2) is 30.6 Å². The van der Waals surface area contributed by atoms with Crippen molar-refractivity contribution in [3.05, 3.63) is 56.8 Å². The summed E-state index contributed by atoms with van der Waals surface area (Å²) in [6.45, 7) is 1.83. The molecule has 0 unspecified atom stereocenters. The molecule has 0 bridgehead atoms. The van der Waals surface area contributed by atoms with Gasteiger partial charge in [0.1, 0.15) is 0 Å². The Bertz CT molecular complexity index is 644. The highest BCUT2D eigenvalue weighted by Gasteiger charge is 2.13. The Labute approximate surface area is 125 Å². The number of aromatic nitrogens is 1. The lowest BCUT2D eigenvalue weighted by molar-refractivity contribution is 0.102. The highest BCUT2D eigenvalue weighted by Crippen LogP contribution is 2.29. The lowest BCUT2D eigenvalue weighted by Crippen LogP contribution is -2.13. The molecular weight excluding hydrogens is 307 g/mol. The van der Waals surface area contributed by atoms with E-state index in [-0.39, 0.29) is 11.5 Å². The van der Waals surface area contributed by atoms with Crippen LogP contribution in [-0.2, 0) is 0 Å². The average Bonchev–Trinajstić information content (AvgIpc) is 2.36. The fraction of sp³-hybridized carbons (Fsp3) is 0.0769. The molecule has 98 valence electrons. The van der Waals surface area contributed by atoms with Crippen LogP contribution in [0.3, 0.4) is 0 Å². The number of carbonyl (C=O) groups excluding carboxylic acids is 1. The van der Waals surface area contributed by atoms with Crippen molar-refractivity contribution in [3.8, 4) is 0 Å². The van der Waals surface area contributed by atoms with Gasteiger partial charge in [0.25, 0.3) is 5.91 Å². The summed E-state index contributed by atoms with van der Waals surface area (Å²) in [5.74, 6) is -0.389. The van der Waals surface area contributed by atoms with Crippen molar-refractivity contribution in [2.45, 2.75) is 6.92 Å². The summed E-state index contributed by atoms with van der Waals surface area (Å²) >= 11 is 18.0. The van der Waals surface area contributed by atoms with E-state index >= 15 is 0 Å². The number of aryl methyl sites for hydroxylation is 1. The van der Waals surface area contributed by atoms with E-state index in [4.69, 9.17) is 34.8 Å². The number of halogens is 3. The lowest BCUT2D eigenvalue weighted by Gasteiger charge is -2.09. The molecule has 3 nitrogen and oxygen atoms in total. The van der Waals surface area contributed by atoms with Crippen LogP contribution in [0.4, 0.5) is 5.69 Å². The predicted octanol–water partition coefficient (Wildman–Crippen LogP) is 4.60. The fourth-order valence-corrected chi connectivity index (χ4v) is 2.10. The number of rotatable bonds is 2. The Kier molecular flexibility index (Phi) is 4.30. The zero-order valence-corrected chi connectivity index (χ0v) is 12.1. The van der Waals surface area contributed by atoms with Gasteiger partial charge in [-0.2, -0.15) is 0 Å². The Morgan fingerprint density at radius 3 is 2.58 bits per heavy atom. The maximum atomic E-state index is 12.0. The minimum atomic E-state index is -0.389. The molecule has 0 aliphatic carbocycles. The molecule has 0 aliphatic heterocycles. The summed E-state index contributed by atoms with van der Waals surface area (Å²) in [7, 11) is 0. The minimum absolute atomic E-state index is 0.275. The Morgan fingerprint density at radius 2 is 1.89 bits per heavy atom. The molecule has 1 aromatic heterocycles. The van der Waals surface area contributed by atoms with E-state index in [9.17, 15) is 4.79 Å². The van der Waals surface area contributed by atoms with Gasteiger partial charge in [-0.1, -0.05) is 34.8 Å². The first kappa shape index (κ1) is 14.1. The Hall–Kier alpha value is -1.29. The monoisotopic (exact) mass is 314 g/mol. The number of pyridine rings is 1. The van der Waals surface area contributed by atoms with Crippen molar-refractivity contribution in [2.75, 3.05) is 5.32 Å². The standard InChI is InChI=1S/C13H9Cl3N2O/c1-7-4-11(16)12(5-10(7)15)18-13(19)8-6-17-3-2-9(8)14/h2-6H,1H3,(H,18,19). The third kappa shape index (κ3) is 3.18. The third-order valence-corrected chi connectivity index (χ3v) is 3.56. The molecule has 0 saturated heterocycles. The van der Waals surface area contributed by atoms with Crippen molar-refractivity contribution in [1.82, 2.24) is 4.98 Å². The number of nitrogens with one attached hydrogen (secondary N) is 1. The maximum Gasteiger partial charge on any atom is 0.258 e. The van der Waals surface area contributed by atoms with Crippen LogP contribution in [0, 0.1) is 6.92 Å². The van der Waals surface area contributed by atoms with E-state index < -0.39 is 0 Å². The van der Waals surface area contributed by atoms with Crippen molar-refractivity contribution in [3.63, 3.8) is 0 Å². The molecule has 1 heterocycles. The van der Waals surface area contributed by atoms with E-state index in [0.717, 1.165) is 5.56 Å². The molecule has 0 fully saturated rings. The Balaban J connectivity index is 2.30. The number of amides is 1. The van der Waals surface area contributed by atoms with Gasteiger partial charge in [0.05, 0.1) is 21.3 Å². The molecule has 19 heavy (non-hydrogen) atoms. The quantitative estimate of drug-likeness (QED) is 0.880. The van der Waals surface area contributed by atoms with Gasteiger partial charge in [0.2, 0.25) is 0 Å². The zero-order chi connectivity index (χ0) is 14.0. The molecule has 2 aromatic rings. The second-order valence-electron chi connectivity index (χ2n) is 3.89. The van der Waals surface area contributed by atoms with Crippen molar-refractivity contribution in [2.24, 2.45) is 0 Å². The van der Waals surface area contributed by atoms with Gasteiger partial charge >= 0.3 is 0 Å². The normalized spacial score (nSPS) is 10.3. The summed E-state index contributed by atoms with van der Waals surface area (Å²) in [6, 6.07) is 4.83. The molecule has 2 rings (SSSR count). The van der Waals surface area contributed by atoms with E-state index in [1.165, 1.54) is 12.4 Å². The summed E-state index contributed by atoms with van der Waals surface area (Å²) in [4.78, 5) is 15.9. The fourth-order valence-electron chi connectivity index (χ4n) is 1.48. The van der Waals surface area contributed by atoms with Crippen LogP contribution in [0.25, 0.3) is 0 Å². The molecule has 0 atom stereocenters. The van der Waals surface area contributed by atoms with Crippen LogP contribution >= 0.6 is 34.8 Å². The molecule has 0 spiro atoms. The summed E-state index contributed by atoms with van der Waals surface area (Å²) in [5, 5.41) is 3.91. The second kappa shape index (κ2) is 5.78. The number of anilines is 1. The van der Waals surface area contributed by atoms with Gasteiger partial charge in [-0.05, 0) is 30.7 Å². The summed E-state index contributed by atoms with van der Waals surface area (Å²) in [6.07, 6.45) is 2.90. The predicted molar refractivity (Wildman–Crippen MR) is 78.4 cm³/mol. The molecular formula is C13H9Cl3N2O. The number of benzene rings is 1. The minimum Gasteiger partial charge on any atom is -0.320 e. The molecule has 6 heteroatoms. The Morgan fingerprint density at radius 1 is 1.16 bits per heavy atom. The van der Waals surface area contributed by atoms with E-state index in [1.807, 2.05) is 6.92 Å². The molecule has 0 saturated carbocycles. The number of carbonyl (C=O) groups is 1. The molecule has 0 radical (unpaired) electrons. The van der Waals surface area contributed by atoms with Crippen LogP contribution in [0.1, 0.15) is 15.9 Å². The molecule has 0 aliphatic rings. The zero-order valence-electron chi connectivity index (χ0n) is 9.88. The number of nitrogens with zero attached hydrogens (tertiary/aromatic N) is 1. The first-order valence-electron chi connectivity index (χ1n) is 5.35. The van der Waals surface area contributed by atoms with Gasteiger partial charge < -0.3 is 5.32 Å². The second-order valence-corrected chi connectivity index (χ2v) is 5.11. The molecule has 1 amide bonds. The number of hydrogen-bond donors (Lipinski definition) is 1. The van der Waals surface area contributed by atoms with E-state index in [1.54, 1.807) is 18.2 Å². The number of hydrogen-bond acceptors (Lipinski definition) is 2. The van der Waals surface area contributed by atoms with Crippen LogP contribution in [0.2, 0.25) is 15.1 Å². The van der Waals surface area contributed by atoms with Crippen molar-refractivity contribution >= 4 is 46.4 Å². The van der Waals surface area contributed by atoms with Crippen LogP contribution in [0.5, 0.6) is 0 Å². The maximum absolute atomic E-state index is 12.0. The average molecular weight is 316 g/mol. The van der Waals surface area contributed by atoms with E-state index in [0.29, 0.717) is 20.8 Å². The lowest BCUT2D eigenvalue weighted by atomic mass is 10.2.